The van der Waals surface area contributed by atoms with Crippen LogP contribution in [0.3, 0.4) is 0 Å². The molecule has 8 heteroatoms. The maximum atomic E-state index is 11.8. The van der Waals surface area contributed by atoms with Gasteiger partial charge in [-0.15, -0.1) is 0 Å². The Kier molecular flexibility index (Phi) is 7.07. The molecule has 0 fully saturated rings. The molecule has 0 aliphatic heterocycles. The summed E-state index contributed by atoms with van der Waals surface area (Å²) in [4.78, 5) is 45.8. The third-order valence-electron chi connectivity index (χ3n) is 3.41. The van der Waals surface area contributed by atoms with Crippen LogP contribution in [0.4, 0.5) is 5.69 Å². The van der Waals surface area contributed by atoms with Crippen molar-refractivity contribution >= 4 is 29.8 Å². The molecule has 0 atom stereocenters. The molecule has 0 aromatic heterocycles. The number of anilines is 1. The lowest BCUT2D eigenvalue weighted by molar-refractivity contribution is -0.149. The Labute approximate surface area is 155 Å². The number of carbonyl (C=O) groups excluding carboxylic acids is 4. The van der Waals surface area contributed by atoms with E-state index in [1.54, 1.807) is 48.5 Å². The van der Waals surface area contributed by atoms with E-state index in [4.69, 9.17) is 9.47 Å². The van der Waals surface area contributed by atoms with Crippen LogP contribution in [0.1, 0.15) is 20.7 Å². The fraction of sp³-hybridized carbons (Fsp3) is 0.158. The summed E-state index contributed by atoms with van der Waals surface area (Å²) in [5, 5.41) is 5.03. The van der Waals surface area contributed by atoms with E-state index in [2.05, 4.69) is 10.6 Å². The zero-order chi connectivity index (χ0) is 19.6. The lowest BCUT2D eigenvalue weighted by Gasteiger charge is -2.09. The van der Waals surface area contributed by atoms with Gasteiger partial charge in [0, 0.05) is 18.3 Å². The standard InChI is InChI=1S/C19H18N2O6/c1-20-19(25)13-6-8-15(9-7-13)21-17(23)11-27-18(24)12-26-16-5-3-2-4-14(16)10-22/h2-10H,11-12H2,1H3,(H,20,25)(H,21,23). The molecule has 8 nitrogen and oxygen atoms in total. The number of nitrogens with one attached hydrogen (secondary N) is 2. The van der Waals surface area contributed by atoms with Gasteiger partial charge < -0.3 is 20.1 Å². The molecular weight excluding hydrogens is 352 g/mol. The van der Waals surface area contributed by atoms with Crippen molar-refractivity contribution in [3.8, 4) is 5.75 Å². The number of amides is 2. The number of para-hydroxylation sites is 1. The van der Waals surface area contributed by atoms with Gasteiger partial charge in [0.15, 0.2) is 19.5 Å². The fourth-order valence-corrected chi connectivity index (χ4v) is 2.08. The van der Waals surface area contributed by atoms with Gasteiger partial charge in [0.05, 0.1) is 5.56 Å². The Hall–Kier alpha value is -3.68. The highest BCUT2D eigenvalue weighted by Crippen LogP contribution is 2.15. The minimum atomic E-state index is -0.749. The van der Waals surface area contributed by atoms with Gasteiger partial charge in [-0.2, -0.15) is 0 Å². The van der Waals surface area contributed by atoms with E-state index >= 15 is 0 Å². The van der Waals surface area contributed by atoms with Crippen LogP contribution in [0.15, 0.2) is 48.5 Å². The second-order valence-corrected chi connectivity index (χ2v) is 5.31. The zero-order valence-electron chi connectivity index (χ0n) is 14.6. The molecule has 27 heavy (non-hydrogen) atoms. The maximum absolute atomic E-state index is 11.8. The van der Waals surface area contributed by atoms with E-state index < -0.39 is 25.1 Å². The summed E-state index contributed by atoms with van der Waals surface area (Å²) < 4.78 is 10.0. The van der Waals surface area contributed by atoms with E-state index in [0.29, 0.717) is 23.1 Å². The highest BCUT2D eigenvalue weighted by Gasteiger charge is 2.11. The van der Waals surface area contributed by atoms with E-state index in [1.165, 1.54) is 7.05 Å². The summed E-state index contributed by atoms with van der Waals surface area (Å²) in [6.07, 6.45) is 0.615. The molecule has 0 unspecified atom stereocenters. The van der Waals surface area contributed by atoms with E-state index in [-0.39, 0.29) is 11.7 Å². The first-order valence-electron chi connectivity index (χ1n) is 7.98. The number of hydrogen-bond acceptors (Lipinski definition) is 6. The number of ether oxygens (including phenoxy) is 2. The number of benzene rings is 2. The first kappa shape index (κ1) is 19.6. The van der Waals surface area contributed by atoms with Crippen LogP contribution >= 0.6 is 0 Å². The Morgan fingerprint density at radius 2 is 1.70 bits per heavy atom. The topological polar surface area (TPSA) is 111 Å². The van der Waals surface area contributed by atoms with Crippen LogP contribution in [-0.4, -0.2) is 44.3 Å². The predicted molar refractivity (Wildman–Crippen MR) is 96.7 cm³/mol. The third kappa shape index (κ3) is 5.96. The minimum Gasteiger partial charge on any atom is -0.481 e. The van der Waals surface area contributed by atoms with Gasteiger partial charge in [-0.05, 0) is 36.4 Å². The van der Waals surface area contributed by atoms with E-state index in [0.717, 1.165) is 0 Å². The Balaban J connectivity index is 1.77. The van der Waals surface area contributed by atoms with Gasteiger partial charge in [-0.3, -0.25) is 14.4 Å². The van der Waals surface area contributed by atoms with Gasteiger partial charge in [0.2, 0.25) is 0 Å². The third-order valence-corrected chi connectivity index (χ3v) is 3.41. The molecule has 0 aliphatic rings. The monoisotopic (exact) mass is 370 g/mol. The molecule has 0 spiro atoms. The van der Waals surface area contributed by atoms with Crippen molar-refractivity contribution in [1.82, 2.24) is 5.32 Å². The molecule has 2 rings (SSSR count). The van der Waals surface area contributed by atoms with Crippen molar-refractivity contribution in [2.45, 2.75) is 0 Å². The number of rotatable bonds is 8. The first-order chi connectivity index (χ1) is 13.0. The van der Waals surface area contributed by atoms with Crippen LogP contribution < -0.4 is 15.4 Å². The molecule has 140 valence electrons. The van der Waals surface area contributed by atoms with Crippen molar-refractivity contribution in [2.75, 3.05) is 25.6 Å². The summed E-state index contributed by atoms with van der Waals surface area (Å²) in [5.74, 6) is -1.27. The molecule has 2 aromatic carbocycles. The summed E-state index contributed by atoms with van der Waals surface area (Å²) in [6, 6.07) is 12.7. The summed E-state index contributed by atoms with van der Waals surface area (Å²) in [5.41, 5.74) is 1.22. The molecule has 2 N–H and O–H groups in total. The van der Waals surface area contributed by atoms with Crippen LogP contribution in [0.2, 0.25) is 0 Å². The molecule has 0 saturated carbocycles. The van der Waals surface area contributed by atoms with Crippen molar-refractivity contribution in [1.29, 1.82) is 0 Å². The SMILES string of the molecule is CNC(=O)c1ccc(NC(=O)COC(=O)COc2ccccc2C=O)cc1. The molecule has 0 bridgehead atoms. The number of aldehydes is 1. The second-order valence-electron chi connectivity index (χ2n) is 5.31. The van der Waals surface area contributed by atoms with Gasteiger partial charge in [0.25, 0.3) is 11.8 Å². The normalized spacial score (nSPS) is 9.81. The average molecular weight is 370 g/mol. The summed E-state index contributed by atoms with van der Waals surface area (Å²) >= 11 is 0. The first-order valence-corrected chi connectivity index (χ1v) is 7.98. The maximum Gasteiger partial charge on any atom is 0.344 e. The minimum absolute atomic E-state index is 0.238. The van der Waals surface area contributed by atoms with Crippen molar-refractivity contribution in [3.05, 3.63) is 59.7 Å². The largest absolute Gasteiger partial charge is 0.481 e. The van der Waals surface area contributed by atoms with Crippen molar-refractivity contribution in [2.24, 2.45) is 0 Å². The van der Waals surface area contributed by atoms with Gasteiger partial charge in [0.1, 0.15) is 5.75 Å². The molecular formula is C19H18N2O6. The second kappa shape index (κ2) is 9.71. The van der Waals surface area contributed by atoms with Crippen LogP contribution in [0, 0.1) is 0 Å². The Morgan fingerprint density at radius 1 is 1.00 bits per heavy atom. The lowest BCUT2D eigenvalue weighted by Crippen LogP contribution is -2.24. The van der Waals surface area contributed by atoms with Crippen LogP contribution in [-0.2, 0) is 14.3 Å². The van der Waals surface area contributed by atoms with Crippen molar-refractivity contribution in [3.63, 3.8) is 0 Å². The number of carbonyl (C=O) groups is 4. The van der Waals surface area contributed by atoms with Crippen LogP contribution in [0.5, 0.6) is 5.75 Å². The molecule has 0 radical (unpaired) electrons. The summed E-state index contributed by atoms with van der Waals surface area (Å²) in [7, 11) is 1.52. The Bertz CT molecular complexity index is 832. The summed E-state index contributed by atoms with van der Waals surface area (Å²) in [6.45, 7) is -0.923. The molecule has 0 heterocycles. The van der Waals surface area contributed by atoms with Crippen LogP contribution in [0.25, 0.3) is 0 Å². The smallest absolute Gasteiger partial charge is 0.344 e. The van der Waals surface area contributed by atoms with E-state index in [1.807, 2.05) is 0 Å². The molecule has 0 aliphatic carbocycles. The zero-order valence-corrected chi connectivity index (χ0v) is 14.6. The quantitative estimate of drug-likeness (QED) is 0.537. The molecule has 2 aromatic rings. The van der Waals surface area contributed by atoms with Gasteiger partial charge in [-0.25, -0.2) is 4.79 Å². The fourth-order valence-electron chi connectivity index (χ4n) is 2.08. The van der Waals surface area contributed by atoms with Crippen molar-refractivity contribution < 1.29 is 28.7 Å². The highest BCUT2D eigenvalue weighted by molar-refractivity contribution is 5.96. The number of esters is 1. The molecule has 2 amide bonds. The predicted octanol–water partition coefficient (Wildman–Crippen LogP) is 1.42. The highest BCUT2D eigenvalue weighted by atomic mass is 16.6. The van der Waals surface area contributed by atoms with Gasteiger partial charge in [-0.1, -0.05) is 12.1 Å². The lowest BCUT2D eigenvalue weighted by atomic mass is 10.2. The Morgan fingerprint density at radius 3 is 2.37 bits per heavy atom. The van der Waals surface area contributed by atoms with E-state index in [9.17, 15) is 19.2 Å². The molecule has 0 saturated heterocycles. The number of hydrogen-bond donors (Lipinski definition) is 2. The van der Waals surface area contributed by atoms with Gasteiger partial charge >= 0.3 is 5.97 Å². The average Bonchev–Trinajstić information content (AvgIpc) is 2.70.